The summed E-state index contributed by atoms with van der Waals surface area (Å²) in [7, 11) is -1.75. The Hall–Kier alpha value is -2.19. The van der Waals surface area contributed by atoms with Crippen LogP contribution in [-0.2, 0) is 16.6 Å². The van der Waals surface area contributed by atoms with E-state index in [2.05, 4.69) is 30.2 Å². The van der Waals surface area contributed by atoms with Crippen molar-refractivity contribution < 1.29 is 18.3 Å². The monoisotopic (exact) mass is 498 g/mol. The van der Waals surface area contributed by atoms with Gasteiger partial charge in [0, 0.05) is 31.6 Å². The van der Waals surface area contributed by atoms with E-state index < -0.39 is 16.1 Å². The summed E-state index contributed by atoms with van der Waals surface area (Å²) in [6, 6.07) is 15.3. The van der Waals surface area contributed by atoms with E-state index in [0.717, 1.165) is 31.4 Å². The van der Waals surface area contributed by atoms with Crippen molar-refractivity contribution in [1.82, 2.24) is 9.21 Å². The fourth-order valence-corrected chi connectivity index (χ4v) is 6.84. The summed E-state index contributed by atoms with van der Waals surface area (Å²) in [5.74, 6) is 0.344. The molecule has 4 rings (SSSR count). The van der Waals surface area contributed by atoms with E-state index in [-0.39, 0.29) is 23.5 Å². The lowest BCUT2D eigenvalue weighted by atomic mass is 9.93. The molecule has 0 bridgehead atoms. The number of benzene rings is 2. The highest BCUT2D eigenvalue weighted by Gasteiger charge is 2.38. The largest absolute Gasteiger partial charge is 0.487 e. The predicted octanol–water partition coefficient (Wildman–Crippen LogP) is 4.54. The minimum atomic E-state index is -3.82. The molecule has 1 heterocycles. The number of rotatable bonds is 7. The lowest BCUT2D eigenvalue weighted by Crippen LogP contribution is -2.49. The summed E-state index contributed by atoms with van der Waals surface area (Å²) < 4.78 is 35.4. The van der Waals surface area contributed by atoms with Crippen LogP contribution in [0, 0.1) is 5.92 Å². The molecule has 190 valence electrons. The smallest absolute Gasteiger partial charge is 0.247 e. The van der Waals surface area contributed by atoms with Gasteiger partial charge in [-0.3, -0.25) is 4.90 Å². The highest BCUT2D eigenvalue weighted by molar-refractivity contribution is 7.89. The van der Waals surface area contributed by atoms with E-state index in [1.807, 2.05) is 37.3 Å². The normalized spacial score (nSPS) is 23.5. The lowest BCUT2D eigenvalue weighted by Gasteiger charge is -2.37. The first-order valence-corrected chi connectivity index (χ1v) is 14.1. The maximum absolute atomic E-state index is 13.7. The summed E-state index contributed by atoms with van der Waals surface area (Å²) >= 11 is 0. The van der Waals surface area contributed by atoms with Gasteiger partial charge in [0.15, 0.2) is 0 Å². The van der Waals surface area contributed by atoms with Crippen LogP contribution >= 0.6 is 0 Å². The lowest BCUT2D eigenvalue weighted by molar-refractivity contribution is 0.0733. The molecule has 2 aromatic rings. The third kappa shape index (κ3) is 5.97. The number of hydrogen-bond donors (Lipinski definition) is 1. The molecule has 1 aliphatic carbocycles. The number of sulfonamides is 1. The maximum Gasteiger partial charge on any atom is 0.247 e. The molecule has 0 saturated carbocycles. The van der Waals surface area contributed by atoms with E-state index in [4.69, 9.17) is 4.74 Å². The van der Waals surface area contributed by atoms with E-state index in [9.17, 15) is 13.5 Å². The molecule has 6 nitrogen and oxygen atoms in total. The van der Waals surface area contributed by atoms with Crippen molar-refractivity contribution in [2.45, 2.75) is 63.1 Å². The molecular weight excluding hydrogens is 460 g/mol. The van der Waals surface area contributed by atoms with Gasteiger partial charge in [-0.25, -0.2) is 8.42 Å². The first-order valence-electron chi connectivity index (χ1n) is 12.6. The van der Waals surface area contributed by atoms with Crippen molar-refractivity contribution in [2.24, 2.45) is 5.92 Å². The number of aliphatic hydroxyl groups excluding tert-OH is 1. The summed E-state index contributed by atoms with van der Waals surface area (Å²) in [4.78, 5) is 2.40. The Bertz CT molecular complexity index is 1130. The Morgan fingerprint density at radius 1 is 1.17 bits per heavy atom. The zero-order valence-electron chi connectivity index (χ0n) is 21.1. The number of aliphatic hydroxyl groups is 1. The predicted molar refractivity (Wildman–Crippen MR) is 140 cm³/mol. The average molecular weight is 499 g/mol. The molecule has 0 spiro atoms. The third-order valence-corrected chi connectivity index (χ3v) is 9.14. The molecule has 3 atom stereocenters. The standard InChI is InChI=1S/C28H38N2O4S/c1-21-17-30(22(2)20-31)35(32,33)28-15-14-25(24-12-8-5-9-13-24)16-26(28)34-27(21)19-29(3)18-23-10-6-4-7-11-23/h4,6-7,10-12,14-16,21-22,27,31H,5,8-9,13,17-20H2,1-3H3/t21-,22+,27-/m0/s1. The van der Waals surface area contributed by atoms with Crippen LogP contribution in [0.3, 0.4) is 0 Å². The van der Waals surface area contributed by atoms with Crippen LogP contribution in [0.25, 0.3) is 5.57 Å². The van der Waals surface area contributed by atoms with Crippen molar-refractivity contribution in [3.63, 3.8) is 0 Å². The van der Waals surface area contributed by atoms with Gasteiger partial charge in [0.05, 0.1) is 6.61 Å². The van der Waals surface area contributed by atoms with Gasteiger partial charge in [0.2, 0.25) is 10.0 Å². The molecular formula is C28H38N2O4S. The fourth-order valence-electron chi connectivity index (χ4n) is 5.01. The van der Waals surface area contributed by atoms with Gasteiger partial charge in [0.25, 0.3) is 0 Å². The highest BCUT2D eigenvalue weighted by Crippen LogP contribution is 2.37. The van der Waals surface area contributed by atoms with Crippen molar-refractivity contribution >= 4 is 15.6 Å². The molecule has 2 aromatic carbocycles. The number of likely N-dealkylation sites (N-methyl/N-ethyl adjacent to an activating group) is 1. The summed E-state index contributed by atoms with van der Waals surface area (Å²) in [5.41, 5.74) is 3.51. The molecule has 0 radical (unpaired) electrons. The fraction of sp³-hybridized carbons (Fsp3) is 0.500. The second-order valence-corrected chi connectivity index (χ2v) is 11.9. The Labute approximate surface area is 210 Å². The first-order chi connectivity index (χ1) is 16.8. The van der Waals surface area contributed by atoms with Crippen LogP contribution in [0.5, 0.6) is 5.75 Å². The number of nitrogens with zero attached hydrogens (tertiary/aromatic N) is 2. The van der Waals surface area contributed by atoms with Crippen LogP contribution in [-0.4, -0.2) is 61.6 Å². The van der Waals surface area contributed by atoms with Crippen LogP contribution in [0.2, 0.25) is 0 Å². The van der Waals surface area contributed by atoms with Crippen LogP contribution in [0.1, 0.15) is 50.7 Å². The van der Waals surface area contributed by atoms with E-state index in [1.165, 1.54) is 21.9 Å². The molecule has 2 aliphatic rings. The number of hydrogen-bond acceptors (Lipinski definition) is 5. The molecule has 0 unspecified atom stereocenters. The summed E-state index contributed by atoms with van der Waals surface area (Å²) in [6.45, 7) is 5.29. The number of allylic oxidation sites excluding steroid dienone is 2. The van der Waals surface area contributed by atoms with Crippen molar-refractivity contribution in [2.75, 3.05) is 26.7 Å². The SMILES string of the molecule is C[C@H](CO)N1C[C@H](C)[C@H](CN(C)Cc2ccccc2)Oc2cc(C3=CCCCC3)ccc2S1(=O)=O. The van der Waals surface area contributed by atoms with Crippen molar-refractivity contribution in [3.8, 4) is 5.75 Å². The van der Waals surface area contributed by atoms with Crippen molar-refractivity contribution in [3.05, 3.63) is 65.7 Å². The maximum atomic E-state index is 13.7. The molecule has 0 amide bonds. The zero-order chi connectivity index (χ0) is 25.0. The quantitative estimate of drug-likeness (QED) is 0.607. The molecule has 0 aromatic heterocycles. The minimum absolute atomic E-state index is 0.0669. The van der Waals surface area contributed by atoms with E-state index in [0.29, 0.717) is 18.8 Å². The number of ether oxygens (including phenoxy) is 1. The van der Waals surface area contributed by atoms with Crippen LogP contribution in [0.15, 0.2) is 59.5 Å². The molecule has 0 saturated heterocycles. The van der Waals surface area contributed by atoms with E-state index in [1.54, 1.807) is 13.0 Å². The van der Waals surface area contributed by atoms with Gasteiger partial charge in [-0.15, -0.1) is 0 Å². The molecule has 35 heavy (non-hydrogen) atoms. The molecule has 7 heteroatoms. The summed E-state index contributed by atoms with van der Waals surface area (Å²) in [5, 5.41) is 9.85. The topological polar surface area (TPSA) is 70.1 Å². The molecule has 1 aliphatic heterocycles. The van der Waals surface area contributed by atoms with Gasteiger partial charge < -0.3 is 9.84 Å². The first kappa shape index (κ1) is 25.9. The highest BCUT2D eigenvalue weighted by atomic mass is 32.2. The molecule has 0 fully saturated rings. The second-order valence-electron chi connectivity index (χ2n) is 10.1. The second kappa shape index (κ2) is 11.2. The average Bonchev–Trinajstić information content (AvgIpc) is 2.86. The van der Waals surface area contributed by atoms with Gasteiger partial charge in [0.1, 0.15) is 16.7 Å². The van der Waals surface area contributed by atoms with Crippen LogP contribution in [0.4, 0.5) is 0 Å². The van der Waals surface area contributed by atoms with Gasteiger partial charge >= 0.3 is 0 Å². The van der Waals surface area contributed by atoms with E-state index >= 15 is 0 Å². The van der Waals surface area contributed by atoms with Gasteiger partial charge in [-0.1, -0.05) is 49.4 Å². The zero-order valence-corrected chi connectivity index (χ0v) is 21.9. The van der Waals surface area contributed by atoms with Crippen molar-refractivity contribution in [1.29, 1.82) is 0 Å². The van der Waals surface area contributed by atoms with Gasteiger partial charge in [-0.05, 0) is 68.5 Å². The summed E-state index contributed by atoms with van der Waals surface area (Å²) in [6.07, 6.45) is 6.45. The Morgan fingerprint density at radius 2 is 1.94 bits per heavy atom. The Morgan fingerprint density at radius 3 is 2.63 bits per heavy atom. The van der Waals surface area contributed by atoms with Crippen LogP contribution < -0.4 is 4.74 Å². The Balaban J connectivity index is 1.69. The third-order valence-electron chi connectivity index (χ3n) is 7.12. The Kier molecular flexibility index (Phi) is 8.32. The molecule has 1 N–H and O–H groups in total. The number of fused-ring (bicyclic) bond motifs is 1. The minimum Gasteiger partial charge on any atom is -0.487 e. The van der Waals surface area contributed by atoms with Gasteiger partial charge in [-0.2, -0.15) is 4.31 Å².